The van der Waals surface area contributed by atoms with Gasteiger partial charge < -0.3 is 34.4 Å². The molecular weight excluding hydrogens is 566 g/mol. The summed E-state index contributed by atoms with van der Waals surface area (Å²) in [5.41, 5.74) is 1.62. The molecule has 0 bridgehead atoms. The van der Waals surface area contributed by atoms with Crippen LogP contribution in [-0.2, 0) is 20.9 Å². The Labute approximate surface area is 249 Å². The SMILES string of the molecule is COc1cccc(C2OC(CCn3cc(C(O)CC(=O)O)cn3)C(=O)N(CC(C)(C)CO)c3ccc(Cl)cc32)c1OC. The second kappa shape index (κ2) is 13.1. The summed E-state index contributed by atoms with van der Waals surface area (Å²) < 4.78 is 19.4. The third kappa shape index (κ3) is 6.87. The summed E-state index contributed by atoms with van der Waals surface area (Å²) >= 11 is 6.47. The Morgan fingerprint density at radius 2 is 1.95 bits per heavy atom. The number of methoxy groups -OCH3 is 2. The number of hydrogen-bond donors (Lipinski definition) is 3. The number of ether oxygens (including phenoxy) is 3. The van der Waals surface area contributed by atoms with Crippen LogP contribution < -0.4 is 14.4 Å². The minimum Gasteiger partial charge on any atom is -0.493 e. The van der Waals surface area contributed by atoms with Gasteiger partial charge >= 0.3 is 5.97 Å². The molecule has 1 amide bonds. The Bertz CT molecular complexity index is 1430. The number of carboxylic acid groups (broad SMARTS) is 1. The van der Waals surface area contributed by atoms with Crippen LogP contribution in [0.5, 0.6) is 11.5 Å². The highest BCUT2D eigenvalue weighted by Gasteiger charge is 2.39. The Hall–Kier alpha value is -3.64. The number of benzene rings is 2. The predicted octanol–water partition coefficient (Wildman–Crippen LogP) is 3.99. The van der Waals surface area contributed by atoms with Gasteiger partial charge in [-0.15, -0.1) is 0 Å². The molecule has 2 aromatic carbocycles. The van der Waals surface area contributed by atoms with Crippen molar-refractivity contribution in [2.75, 3.05) is 32.3 Å². The fourth-order valence-corrected chi connectivity index (χ4v) is 5.15. The number of carbonyl (C=O) groups excluding carboxylic acids is 1. The zero-order valence-corrected chi connectivity index (χ0v) is 24.7. The maximum Gasteiger partial charge on any atom is 0.306 e. The van der Waals surface area contributed by atoms with Gasteiger partial charge in [0.15, 0.2) is 11.5 Å². The van der Waals surface area contributed by atoms with Crippen LogP contribution >= 0.6 is 11.6 Å². The van der Waals surface area contributed by atoms with Crippen LogP contribution in [0.2, 0.25) is 5.02 Å². The molecular formula is C30H36ClN3O8. The molecule has 0 spiro atoms. The number of carbonyl (C=O) groups is 2. The van der Waals surface area contributed by atoms with Gasteiger partial charge in [0.2, 0.25) is 0 Å². The minimum absolute atomic E-state index is 0.146. The van der Waals surface area contributed by atoms with Crippen molar-refractivity contribution in [1.82, 2.24) is 9.78 Å². The maximum atomic E-state index is 14.2. The van der Waals surface area contributed by atoms with Crippen molar-refractivity contribution < 1.29 is 39.1 Å². The van der Waals surface area contributed by atoms with Gasteiger partial charge in [0.25, 0.3) is 5.91 Å². The number of carboxylic acids is 1. The van der Waals surface area contributed by atoms with Crippen molar-refractivity contribution in [1.29, 1.82) is 0 Å². The van der Waals surface area contributed by atoms with E-state index in [1.54, 1.807) is 35.4 Å². The largest absolute Gasteiger partial charge is 0.493 e. The average molecular weight is 602 g/mol. The summed E-state index contributed by atoms with van der Waals surface area (Å²) in [4.78, 5) is 26.8. The molecule has 11 nitrogen and oxygen atoms in total. The molecule has 0 saturated carbocycles. The number of fused-ring (bicyclic) bond motifs is 1. The van der Waals surface area contributed by atoms with Gasteiger partial charge in [-0.2, -0.15) is 5.10 Å². The average Bonchev–Trinajstić information content (AvgIpc) is 3.41. The number of anilines is 1. The first-order valence-corrected chi connectivity index (χ1v) is 13.9. The molecule has 1 aliphatic rings. The number of aliphatic hydroxyl groups is 2. The molecule has 0 aliphatic carbocycles. The van der Waals surface area contributed by atoms with Crippen LogP contribution in [0, 0.1) is 5.41 Å². The molecule has 3 unspecified atom stereocenters. The van der Waals surface area contributed by atoms with Gasteiger partial charge in [0.1, 0.15) is 12.2 Å². The van der Waals surface area contributed by atoms with Crippen LogP contribution in [0.1, 0.15) is 55.6 Å². The van der Waals surface area contributed by atoms with Crippen molar-refractivity contribution in [3.8, 4) is 11.5 Å². The van der Waals surface area contributed by atoms with E-state index in [0.717, 1.165) is 0 Å². The highest BCUT2D eigenvalue weighted by Crippen LogP contribution is 2.45. The van der Waals surface area contributed by atoms with Gasteiger partial charge in [-0.1, -0.05) is 37.6 Å². The Morgan fingerprint density at radius 1 is 1.19 bits per heavy atom. The summed E-state index contributed by atoms with van der Waals surface area (Å²) in [5, 5.41) is 33.9. The highest BCUT2D eigenvalue weighted by atomic mass is 35.5. The predicted molar refractivity (Wildman–Crippen MR) is 155 cm³/mol. The van der Waals surface area contributed by atoms with Crippen molar-refractivity contribution in [2.24, 2.45) is 5.41 Å². The number of aromatic nitrogens is 2. The first-order chi connectivity index (χ1) is 20.0. The Morgan fingerprint density at radius 3 is 2.62 bits per heavy atom. The van der Waals surface area contributed by atoms with E-state index in [1.165, 1.54) is 25.1 Å². The van der Waals surface area contributed by atoms with E-state index >= 15 is 0 Å². The Balaban J connectivity index is 1.76. The molecule has 0 radical (unpaired) electrons. The number of amides is 1. The molecule has 3 aromatic rings. The maximum absolute atomic E-state index is 14.2. The number of rotatable bonds is 12. The monoisotopic (exact) mass is 601 g/mol. The lowest BCUT2D eigenvalue weighted by molar-refractivity contribution is -0.139. The van der Waals surface area contributed by atoms with E-state index in [-0.39, 0.29) is 32.0 Å². The quantitative estimate of drug-likeness (QED) is 0.281. The second-order valence-electron chi connectivity index (χ2n) is 11.0. The Kier molecular flexibility index (Phi) is 9.78. The van der Waals surface area contributed by atoms with E-state index in [0.29, 0.717) is 38.9 Å². The van der Waals surface area contributed by atoms with Gasteiger partial charge in [-0.25, -0.2) is 0 Å². The van der Waals surface area contributed by atoms with Gasteiger partial charge in [0, 0.05) is 65.1 Å². The molecule has 3 atom stereocenters. The number of hydrogen-bond acceptors (Lipinski definition) is 8. The van der Waals surface area contributed by atoms with Gasteiger partial charge in [-0.3, -0.25) is 14.3 Å². The summed E-state index contributed by atoms with van der Waals surface area (Å²) in [6.07, 6.45) is -0.216. The molecule has 3 N–H and O–H groups in total. The lowest BCUT2D eigenvalue weighted by Gasteiger charge is -2.32. The van der Waals surface area contributed by atoms with Gasteiger partial charge in [-0.05, 0) is 24.3 Å². The van der Waals surface area contributed by atoms with E-state index in [2.05, 4.69) is 5.10 Å². The van der Waals surface area contributed by atoms with E-state index in [4.69, 9.17) is 30.9 Å². The number of aryl methyl sites for hydroxylation is 1. The van der Waals surface area contributed by atoms with Crippen molar-refractivity contribution in [2.45, 2.75) is 51.5 Å². The van der Waals surface area contributed by atoms with E-state index in [9.17, 15) is 19.8 Å². The van der Waals surface area contributed by atoms with Crippen molar-refractivity contribution in [3.05, 3.63) is 70.5 Å². The highest BCUT2D eigenvalue weighted by molar-refractivity contribution is 6.30. The summed E-state index contributed by atoms with van der Waals surface area (Å²) in [6, 6.07) is 10.7. The molecule has 226 valence electrons. The van der Waals surface area contributed by atoms with Crippen LogP contribution in [0.25, 0.3) is 0 Å². The minimum atomic E-state index is -1.20. The van der Waals surface area contributed by atoms with Crippen LogP contribution in [0.4, 0.5) is 5.69 Å². The summed E-state index contributed by atoms with van der Waals surface area (Å²) in [5.74, 6) is -0.480. The van der Waals surface area contributed by atoms with Crippen LogP contribution in [-0.4, -0.2) is 70.5 Å². The van der Waals surface area contributed by atoms with Crippen LogP contribution in [0.15, 0.2) is 48.8 Å². The molecule has 1 aliphatic heterocycles. The fraction of sp³-hybridized carbons (Fsp3) is 0.433. The normalized spacial score (nSPS) is 17.9. The topological polar surface area (TPSA) is 144 Å². The lowest BCUT2D eigenvalue weighted by Crippen LogP contribution is -2.45. The third-order valence-corrected chi connectivity index (χ3v) is 7.40. The van der Waals surface area contributed by atoms with Crippen LogP contribution in [0.3, 0.4) is 0 Å². The van der Waals surface area contributed by atoms with Crippen molar-refractivity contribution in [3.63, 3.8) is 0 Å². The number of halogens is 1. The smallest absolute Gasteiger partial charge is 0.306 e. The zero-order valence-electron chi connectivity index (χ0n) is 24.0. The van der Waals surface area contributed by atoms with Crippen molar-refractivity contribution >= 4 is 29.2 Å². The molecule has 0 fully saturated rings. The molecule has 12 heteroatoms. The molecule has 4 rings (SSSR count). The first kappa shape index (κ1) is 31.3. The summed E-state index contributed by atoms with van der Waals surface area (Å²) in [6.45, 7) is 4.05. The lowest BCUT2D eigenvalue weighted by atomic mass is 9.92. The zero-order chi connectivity index (χ0) is 30.6. The fourth-order valence-electron chi connectivity index (χ4n) is 4.97. The third-order valence-electron chi connectivity index (χ3n) is 7.16. The van der Waals surface area contributed by atoms with E-state index in [1.807, 2.05) is 26.0 Å². The molecule has 0 saturated heterocycles. The van der Waals surface area contributed by atoms with E-state index < -0.39 is 36.1 Å². The number of aliphatic carboxylic acids is 1. The number of nitrogens with zero attached hydrogens (tertiary/aromatic N) is 3. The van der Waals surface area contributed by atoms with Gasteiger partial charge in [0.05, 0.1) is 32.9 Å². The standard InChI is InChI=1S/C30H36ClN3O8/c1-30(2,17-35)16-34-22-9-8-19(31)12-21(22)27(20-6-5-7-24(40-3)28(20)41-4)42-25(29(34)39)10-11-33-15-18(14-32-33)23(36)13-26(37)38/h5-9,12,14-15,23,25,27,35-36H,10-11,13,16-17H2,1-4H3,(H,37,38). The molecule has 42 heavy (non-hydrogen) atoms. The number of aliphatic hydroxyl groups excluding tert-OH is 2. The first-order valence-electron chi connectivity index (χ1n) is 13.5. The number of para-hydroxylation sites is 1. The second-order valence-corrected chi connectivity index (χ2v) is 11.4. The summed E-state index contributed by atoms with van der Waals surface area (Å²) in [7, 11) is 3.07. The molecule has 2 heterocycles. The molecule has 1 aromatic heterocycles.